The van der Waals surface area contributed by atoms with Crippen LogP contribution in [0.25, 0.3) is 0 Å². The summed E-state index contributed by atoms with van der Waals surface area (Å²) in [7, 11) is -3.06. The number of anilines is 2. The molecule has 3 aliphatic rings. The molecule has 3 fully saturated rings. The molecule has 2 saturated heterocycles. The lowest BCUT2D eigenvalue weighted by atomic mass is 10.2. The maximum atomic E-state index is 15.0. The zero-order chi connectivity index (χ0) is 23.8. The van der Waals surface area contributed by atoms with Gasteiger partial charge in [0.05, 0.1) is 29.8 Å². The minimum absolute atomic E-state index is 0.0534. The molecular weight excluding hydrogens is 455 g/mol. The summed E-state index contributed by atoms with van der Waals surface area (Å²) in [5.74, 6) is -0.106. The van der Waals surface area contributed by atoms with Crippen LogP contribution in [0.4, 0.5) is 20.6 Å². The maximum absolute atomic E-state index is 15.0. The Morgan fingerprint density at radius 2 is 2.06 bits per heavy atom. The van der Waals surface area contributed by atoms with Crippen molar-refractivity contribution >= 4 is 33.2 Å². The molecule has 0 aromatic heterocycles. The molecule has 0 spiro atoms. The molecule has 2 heterocycles. The smallest absolute Gasteiger partial charge is 0.414 e. The van der Waals surface area contributed by atoms with Gasteiger partial charge in [0.2, 0.25) is 5.91 Å². The zero-order valence-electron chi connectivity index (χ0n) is 18.4. The minimum atomic E-state index is -3.06. The summed E-state index contributed by atoms with van der Waals surface area (Å²) in [6, 6.07) is 4.27. The number of carbonyl (C=O) groups is 2. The first-order valence-corrected chi connectivity index (χ1v) is 12.7. The number of hydrogen-bond donors (Lipinski definition) is 2. The standard InChI is InChI=1S/C21H27FN4O6S/c1-13(27)23-8-15-12-31-21(28)26(15)14-3-4-20(19(22)7-14)25-10-17-16(18(17)11-25)9-24-32-5-6-33(2,29)30/h3-4,7,9,15,17-18,24H,5-6,8,10-12H2,1-2H3,(H,23,27)/t15?,17-,18+. The number of fused-ring (bicyclic) bond motifs is 1. The molecule has 12 heteroatoms. The first-order chi connectivity index (χ1) is 15.6. The highest BCUT2D eigenvalue weighted by Crippen LogP contribution is 2.52. The lowest BCUT2D eigenvalue weighted by molar-refractivity contribution is -0.119. The van der Waals surface area contributed by atoms with Gasteiger partial charge in [-0.1, -0.05) is 0 Å². The summed E-state index contributed by atoms with van der Waals surface area (Å²) in [5, 5.41) is 2.66. The predicted molar refractivity (Wildman–Crippen MR) is 119 cm³/mol. The molecular formula is C21H27FN4O6S. The van der Waals surface area contributed by atoms with E-state index in [4.69, 9.17) is 9.57 Å². The summed E-state index contributed by atoms with van der Waals surface area (Å²) in [6.45, 7) is 3.13. The average Bonchev–Trinajstić information content (AvgIpc) is 3.05. The molecule has 2 N–H and O–H groups in total. The second kappa shape index (κ2) is 9.18. The van der Waals surface area contributed by atoms with Crippen LogP contribution in [0.3, 0.4) is 0 Å². The number of hydrogen-bond acceptors (Lipinski definition) is 8. The number of halogens is 1. The molecule has 1 aromatic rings. The van der Waals surface area contributed by atoms with Crippen LogP contribution < -0.4 is 20.6 Å². The molecule has 33 heavy (non-hydrogen) atoms. The van der Waals surface area contributed by atoms with Gasteiger partial charge in [-0.05, 0) is 23.8 Å². The number of sulfone groups is 1. The fourth-order valence-corrected chi connectivity index (χ4v) is 4.67. The zero-order valence-corrected chi connectivity index (χ0v) is 19.2. The number of rotatable bonds is 9. The number of carbonyl (C=O) groups excluding carboxylic acids is 2. The quantitative estimate of drug-likeness (QED) is 0.392. The van der Waals surface area contributed by atoms with Gasteiger partial charge in [-0.2, -0.15) is 0 Å². The van der Waals surface area contributed by atoms with Crippen molar-refractivity contribution < 1.29 is 32.0 Å². The van der Waals surface area contributed by atoms with Crippen LogP contribution >= 0.6 is 0 Å². The lowest BCUT2D eigenvalue weighted by Gasteiger charge is -2.25. The van der Waals surface area contributed by atoms with Gasteiger partial charge in [-0.3, -0.25) is 20.0 Å². The van der Waals surface area contributed by atoms with Gasteiger partial charge < -0.3 is 15.0 Å². The van der Waals surface area contributed by atoms with Crippen molar-refractivity contribution in [3.63, 3.8) is 0 Å². The third kappa shape index (κ3) is 5.38. The van der Waals surface area contributed by atoms with Crippen LogP contribution in [-0.2, 0) is 24.2 Å². The number of piperidine rings is 1. The third-order valence-corrected chi connectivity index (χ3v) is 6.94. The molecule has 10 nitrogen and oxygen atoms in total. The van der Waals surface area contributed by atoms with Crippen molar-refractivity contribution in [2.24, 2.45) is 11.8 Å². The Morgan fingerprint density at radius 1 is 1.33 bits per heavy atom. The lowest BCUT2D eigenvalue weighted by Crippen LogP contribution is -2.42. The topological polar surface area (TPSA) is 117 Å². The molecule has 2 aliphatic heterocycles. The van der Waals surface area contributed by atoms with Gasteiger partial charge in [-0.25, -0.2) is 17.6 Å². The summed E-state index contributed by atoms with van der Waals surface area (Å²) in [5.41, 5.74) is 4.70. The average molecular weight is 483 g/mol. The molecule has 0 radical (unpaired) electrons. The van der Waals surface area contributed by atoms with Crippen molar-refractivity contribution in [2.45, 2.75) is 13.0 Å². The Hall–Kier alpha value is -2.86. The number of amides is 2. The Bertz CT molecular complexity index is 1060. The first-order valence-electron chi connectivity index (χ1n) is 10.6. The van der Waals surface area contributed by atoms with E-state index >= 15 is 0 Å². The van der Waals surface area contributed by atoms with Crippen LogP contribution in [0.5, 0.6) is 0 Å². The van der Waals surface area contributed by atoms with Crippen LogP contribution in [-0.4, -0.2) is 71.3 Å². The fourth-order valence-electron chi connectivity index (χ4n) is 4.28. The first kappa shape index (κ1) is 23.3. The summed E-state index contributed by atoms with van der Waals surface area (Å²) in [4.78, 5) is 31.8. The van der Waals surface area contributed by atoms with Crippen molar-refractivity contribution in [1.29, 1.82) is 0 Å². The largest absolute Gasteiger partial charge is 0.447 e. The highest BCUT2D eigenvalue weighted by atomic mass is 32.2. The highest BCUT2D eigenvalue weighted by molar-refractivity contribution is 7.90. The molecule has 0 bridgehead atoms. The number of nitrogens with one attached hydrogen (secondary N) is 2. The summed E-state index contributed by atoms with van der Waals surface area (Å²) < 4.78 is 42.2. The van der Waals surface area contributed by atoms with Crippen LogP contribution in [0, 0.1) is 17.7 Å². The molecule has 1 aliphatic carbocycles. The van der Waals surface area contributed by atoms with E-state index in [1.807, 2.05) is 4.90 Å². The van der Waals surface area contributed by atoms with Crippen LogP contribution in [0.1, 0.15) is 6.92 Å². The molecule has 3 atom stereocenters. The van der Waals surface area contributed by atoms with Gasteiger partial charge in [0.15, 0.2) is 0 Å². The number of hydroxylamine groups is 1. The second-order valence-electron chi connectivity index (χ2n) is 8.53. The fraction of sp³-hybridized carbons (Fsp3) is 0.524. The van der Waals surface area contributed by atoms with Gasteiger partial charge >= 0.3 is 6.09 Å². The maximum Gasteiger partial charge on any atom is 0.414 e. The van der Waals surface area contributed by atoms with Gasteiger partial charge in [-0.15, -0.1) is 0 Å². The molecule has 180 valence electrons. The van der Waals surface area contributed by atoms with Gasteiger partial charge in [0.25, 0.3) is 0 Å². The number of benzene rings is 1. The van der Waals surface area contributed by atoms with E-state index in [0.717, 1.165) is 6.26 Å². The molecule has 4 rings (SSSR count). The molecule has 2 amide bonds. The van der Waals surface area contributed by atoms with E-state index in [1.165, 1.54) is 23.5 Å². The normalized spacial score (nSPS) is 25.2. The molecule has 1 aromatic carbocycles. The van der Waals surface area contributed by atoms with Crippen LogP contribution in [0.15, 0.2) is 30.0 Å². The van der Waals surface area contributed by atoms with E-state index in [2.05, 4.69) is 10.8 Å². The van der Waals surface area contributed by atoms with Gasteiger partial charge in [0.1, 0.15) is 22.3 Å². The Morgan fingerprint density at radius 3 is 2.70 bits per heavy atom. The van der Waals surface area contributed by atoms with E-state index in [1.54, 1.807) is 18.3 Å². The number of ether oxygens (including phenoxy) is 1. The molecule has 1 saturated carbocycles. The number of cyclic esters (lactones) is 1. The van der Waals surface area contributed by atoms with Crippen molar-refractivity contribution in [2.75, 3.05) is 54.7 Å². The predicted octanol–water partition coefficient (Wildman–Crippen LogP) is 0.803. The highest BCUT2D eigenvalue weighted by Gasteiger charge is 2.51. The minimum Gasteiger partial charge on any atom is -0.447 e. The SMILES string of the molecule is CC(=O)NCC1COC(=O)N1c1ccc(N2C[C@@H]3C(=CNOCCS(C)(=O)=O)[C@@H]3C2)c(F)c1. The van der Waals surface area contributed by atoms with E-state index in [9.17, 15) is 22.4 Å². The molecule has 1 unspecified atom stereocenters. The Kier molecular flexibility index (Phi) is 6.48. The van der Waals surface area contributed by atoms with Crippen molar-refractivity contribution in [1.82, 2.24) is 10.8 Å². The number of nitrogens with zero attached hydrogens (tertiary/aromatic N) is 2. The van der Waals surface area contributed by atoms with Crippen LogP contribution in [0.2, 0.25) is 0 Å². The Labute approximate surface area is 191 Å². The van der Waals surface area contributed by atoms with E-state index in [-0.39, 0.29) is 31.4 Å². The van der Waals surface area contributed by atoms with Crippen molar-refractivity contribution in [3.8, 4) is 0 Å². The van der Waals surface area contributed by atoms with E-state index < -0.39 is 27.8 Å². The van der Waals surface area contributed by atoms with Gasteiger partial charge in [0, 0.05) is 50.8 Å². The summed E-state index contributed by atoms with van der Waals surface area (Å²) >= 11 is 0. The summed E-state index contributed by atoms with van der Waals surface area (Å²) in [6.07, 6.45) is 2.34. The Balaban J connectivity index is 1.32. The third-order valence-electron chi connectivity index (χ3n) is 6.03. The monoisotopic (exact) mass is 482 g/mol. The second-order valence-corrected chi connectivity index (χ2v) is 10.8. The van der Waals surface area contributed by atoms with Crippen molar-refractivity contribution in [3.05, 3.63) is 35.8 Å². The van der Waals surface area contributed by atoms with E-state index in [0.29, 0.717) is 36.3 Å².